The maximum absolute atomic E-state index is 10.4. The van der Waals surface area contributed by atoms with E-state index in [1.807, 2.05) is 6.26 Å². The molecule has 60 valence electrons. The molecule has 0 bridgehead atoms. The van der Waals surface area contributed by atoms with Crippen molar-refractivity contribution in [3.63, 3.8) is 0 Å². The molecule has 0 spiro atoms. The molecule has 0 aliphatic heterocycles. The first kappa shape index (κ1) is 7.84. The molecule has 0 aromatic rings. The minimum absolute atomic E-state index is 0.454. The molecule has 0 fully saturated rings. The van der Waals surface area contributed by atoms with Crippen LogP contribution in [0.3, 0.4) is 0 Å². The Bertz CT molecular complexity index is 124. The molecule has 4 nitrogen and oxygen atoms in total. The van der Waals surface area contributed by atoms with Gasteiger partial charge < -0.3 is 10.3 Å². The summed E-state index contributed by atoms with van der Waals surface area (Å²) >= 11 is 1.55. The van der Waals surface area contributed by atoms with Crippen molar-refractivity contribution >= 4 is 17.7 Å². The summed E-state index contributed by atoms with van der Waals surface area (Å²) in [6.07, 6.45) is 2.34. The summed E-state index contributed by atoms with van der Waals surface area (Å²) in [4.78, 5) is 10.4. The predicted octanol–water partition coefficient (Wildman–Crippen LogP) is 0.171. The molecule has 0 aliphatic carbocycles. The highest BCUT2D eigenvalue weighted by molar-refractivity contribution is 7.98. The molecule has 0 unspecified atom stereocenters. The lowest BCUT2D eigenvalue weighted by Gasteiger charge is -2.07. The molecule has 5 heteroatoms. The van der Waals surface area contributed by atoms with Crippen molar-refractivity contribution in [3.05, 3.63) is 0 Å². The Labute approximate surface area is 65.1 Å². The summed E-state index contributed by atoms with van der Waals surface area (Å²) in [5.41, 5.74) is 2.07. The van der Waals surface area contributed by atoms with Crippen molar-refractivity contribution in [1.29, 1.82) is 0 Å². The van der Waals surface area contributed by atoms with Crippen molar-refractivity contribution in [2.24, 2.45) is 0 Å². The Hall–Kier alpha value is -0.260. The fraction of sp³-hybridized carbons (Fsp3) is 0.800. The molecule has 0 radical (unpaired) electrons. The minimum Gasteiger partial charge on any atom is -0.480 e. The van der Waals surface area contributed by atoms with Crippen LogP contribution in [0.4, 0.5) is 0 Å². The van der Waals surface area contributed by atoms with Crippen LogP contribution in [0.2, 0.25) is 1.43 Å². The van der Waals surface area contributed by atoms with E-state index in [0.29, 0.717) is 6.42 Å². The molecule has 0 aromatic heterocycles. The number of thioether (sulfide) groups is 1. The van der Waals surface area contributed by atoms with E-state index >= 15 is 0 Å². The summed E-state index contributed by atoms with van der Waals surface area (Å²) in [6, 6.07) is -0.778. The lowest BCUT2D eigenvalue weighted by atomic mass is 10.2. The van der Waals surface area contributed by atoms with Gasteiger partial charge in [-0.15, -0.1) is 0 Å². The van der Waals surface area contributed by atoms with Crippen molar-refractivity contribution in [2.45, 2.75) is 12.5 Å². The first-order valence-corrected chi connectivity index (χ1v) is 4.21. The molecule has 0 saturated heterocycles. The fourth-order valence-corrected chi connectivity index (χ4v) is 0.940. The fourth-order valence-electron chi connectivity index (χ4n) is 0.469. The maximum atomic E-state index is 10.4. The van der Waals surface area contributed by atoms with Gasteiger partial charge in [-0.1, -0.05) is 0 Å². The Balaban J connectivity index is 3.60. The van der Waals surface area contributed by atoms with Crippen LogP contribution >= 0.6 is 11.8 Å². The van der Waals surface area contributed by atoms with Gasteiger partial charge in [0.05, 0.1) is 0 Å². The zero-order valence-corrected chi connectivity index (χ0v) is 6.48. The third kappa shape index (κ3) is 3.71. The Kier molecular flexibility index (Phi) is 4.33. The van der Waals surface area contributed by atoms with Gasteiger partial charge in [-0.2, -0.15) is 17.2 Å². The Morgan fingerprint density at radius 3 is 3.10 bits per heavy atom. The summed E-state index contributed by atoms with van der Waals surface area (Å²) in [6.45, 7) is 0. The van der Waals surface area contributed by atoms with Gasteiger partial charge in [0.2, 0.25) is 1.43 Å². The highest BCUT2D eigenvalue weighted by atomic mass is 32.2. The van der Waals surface area contributed by atoms with E-state index < -0.39 is 12.0 Å². The van der Waals surface area contributed by atoms with Gasteiger partial charge in [-0.05, 0) is 18.4 Å². The van der Waals surface area contributed by atoms with Gasteiger partial charge >= 0.3 is 5.97 Å². The normalized spacial score (nSPS) is 14.3. The monoisotopic (exact) mass is 166 g/mol. The molecular weight excluding hydrogens is 154 g/mol. The zero-order chi connectivity index (χ0) is 8.69. The molecule has 0 aliphatic rings. The van der Waals surface area contributed by atoms with Crippen molar-refractivity contribution in [2.75, 3.05) is 12.0 Å². The van der Waals surface area contributed by atoms with Gasteiger partial charge in [-0.25, -0.2) is 0 Å². The van der Waals surface area contributed by atoms with E-state index in [4.69, 9.17) is 6.54 Å². The number of hydrogen-bond donors (Lipinski definition) is 3. The summed E-state index contributed by atoms with van der Waals surface area (Å²) < 4.78 is 6.28. The van der Waals surface area contributed by atoms with Crippen molar-refractivity contribution in [1.82, 2.24) is 5.48 Å². The smallest absolute Gasteiger partial charge is 0.323 e. The van der Waals surface area contributed by atoms with Crippen LogP contribution < -0.4 is 5.48 Å². The zero-order valence-electron chi connectivity index (χ0n) is 6.66. The van der Waals surface area contributed by atoms with Gasteiger partial charge in [0.25, 0.3) is 0 Å². The molecule has 10 heavy (non-hydrogen) atoms. The van der Waals surface area contributed by atoms with E-state index in [-0.39, 0.29) is 0 Å². The molecular formula is C5H11NO3S. The number of rotatable bonds is 6. The minimum atomic E-state index is -0.994. The van der Waals surface area contributed by atoms with Gasteiger partial charge in [0.1, 0.15) is 6.04 Å². The van der Waals surface area contributed by atoms with Crippen LogP contribution in [0, 0.1) is 0 Å². The number of aliphatic carboxylic acids is 1. The standard InChI is InChI=1S/C5H11NO3S/c1-10-3-2-4(6-9)5(7)8/h4,6,9H,2-3H2,1H3,(H,7,8)/t4-/m0/s1/i9D. The Morgan fingerprint density at radius 2 is 2.70 bits per heavy atom. The molecule has 0 heterocycles. The van der Waals surface area contributed by atoms with Crippen LogP contribution in [0.25, 0.3) is 0 Å². The van der Waals surface area contributed by atoms with Crippen LogP contribution in [0.1, 0.15) is 6.42 Å². The maximum Gasteiger partial charge on any atom is 0.323 e. The Morgan fingerprint density at radius 1 is 2.00 bits per heavy atom. The third-order valence-electron chi connectivity index (χ3n) is 1.05. The van der Waals surface area contributed by atoms with Gasteiger partial charge in [-0.3, -0.25) is 4.79 Å². The van der Waals surface area contributed by atoms with Crippen LogP contribution in [0.5, 0.6) is 0 Å². The number of carboxylic acids is 1. The topological polar surface area (TPSA) is 69.6 Å². The van der Waals surface area contributed by atoms with Crippen LogP contribution in [-0.4, -0.2) is 34.3 Å². The predicted molar refractivity (Wildman–Crippen MR) is 39.3 cm³/mol. The second kappa shape index (κ2) is 5.52. The number of carbonyl (C=O) groups is 1. The molecule has 3 N–H and O–H groups in total. The first-order valence-electron chi connectivity index (χ1n) is 3.22. The second-order valence-corrected chi connectivity index (χ2v) is 2.78. The van der Waals surface area contributed by atoms with E-state index in [9.17, 15) is 4.79 Å². The largest absolute Gasteiger partial charge is 0.480 e. The first-order chi connectivity index (χ1) is 5.22. The van der Waals surface area contributed by atoms with Crippen molar-refractivity contribution < 1.29 is 16.5 Å². The molecule has 0 amide bonds. The average molecular weight is 166 g/mol. The van der Waals surface area contributed by atoms with Gasteiger partial charge in [0, 0.05) is 0 Å². The number of nitrogens with one attached hydrogen (secondary N) is 1. The summed E-state index contributed by atoms with van der Waals surface area (Å²) in [7, 11) is 0. The number of hydrogen-bond acceptors (Lipinski definition) is 4. The quantitative estimate of drug-likeness (QED) is 0.491. The van der Waals surface area contributed by atoms with Gasteiger partial charge in [0.15, 0.2) is 0 Å². The highest BCUT2D eigenvalue weighted by Crippen LogP contribution is 1.99. The number of carboxylic acid groups (broad SMARTS) is 1. The third-order valence-corrected chi connectivity index (χ3v) is 1.69. The molecule has 0 saturated carbocycles. The van der Waals surface area contributed by atoms with E-state index in [2.05, 4.69) is 10.7 Å². The number of hydroxylamine groups is 1. The highest BCUT2D eigenvalue weighted by Gasteiger charge is 2.14. The van der Waals surface area contributed by atoms with E-state index in [0.717, 1.165) is 5.75 Å². The lowest BCUT2D eigenvalue weighted by Crippen LogP contribution is -2.34. The SMILES string of the molecule is [2H]ON[C@@H](CCSC)C(=O)O. The molecule has 1 atom stereocenters. The molecule has 0 aromatic carbocycles. The summed E-state index contributed by atoms with van der Waals surface area (Å²) in [5.74, 6) is -0.265. The van der Waals surface area contributed by atoms with Crippen LogP contribution in [-0.2, 0) is 4.79 Å². The van der Waals surface area contributed by atoms with Crippen LogP contribution in [0.15, 0.2) is 0 Å². The van der Waals surface area contributed by atoms with E-state index in [1.165, 1.54) is 0 Å². The summed E-state index contributed by atoms with van der Waals surface area (Å²) in [5, 5.41) is 12.3. The lowest BCUT2D eigenvalue weighted by molar-refractivity contribution is -0.142. The average Bonchev–Trinajstić information content (AvgIpc) is 1.97. The van der Waals surface area contributed by atoms with Crippen molar-refractivity contribution in [3.8, 4) is 0 Å². The van der Waals surface area contributed by atoms with E-state index in [1.54, 1.807) is 11.8 Å². The second-order valence-electron chi connectivity index (χ2n) is 1.79. The molecule has 0 rings (SSSR count).